The van der Waals surface area contributed by atoms with Gasteiger partial charge in [-0.1, -0.05) is 0 Å². The molecule has 0 saturated carbocycles. The van der Waals surface area contributed by atoms with E-state index in [1.165, 1.54) is 0 Å². The molecule has 18 heavy (non-hydrogen) atoms. The maximum Gasteiger partial charge on any atom is 0.334 e. The molecule has 1 unspecified atom stereocenters. The van der Waals surface area contributed by atoms with Crippen LogP contribution >= 0.6 is 0 Å². The van der Waals surface area contributed by atoms with Gasteiger partial charge < -0.3 is 19.5 Å². The first-order chi connectivity index (χ1) is 8.70. The van der Waals surface area contributed by atoms with E-state index in [1.807, 2.05) is 6.92 Å². The number of carboxylic acid groups (broad SMARTS) is 1. The molecular formula is C11H15N3O4. The Labute approximate surface area is 104 Å². The van der Waals surface area contributed by atoms with Crippen molar-refractivity contribution in [2.45, 2.75) is 13.0 Å². The van der Waals surface area contributed by atoms with Crippen LogP contribution in [0.5, 0.6) is 5.88 Å². The zero-order valence-electron chi connectivity index (χ0n) is 10.1. The topological polar surface area (TPSA) is 84.8 Å². The number of aliphatic carboxylic acids is 1. The quantitative estimate of drug-likeness (QED) is 0.818. The minimum Gasteiger partial charge on any atom is -0.479 e. The van der Waals surface area contributed by atoms with Crippen LogP contribution in [0.3, 0.4) is 0 Å². The van der Waals surface area contributed by atoms with Gasteiger partial charge >= 0.3 is 5.97 Å². The molecule has 7 nitrogen and oxygen atoms in total. The van der Waals surface area contributed by atoms with Crippen molar-refractivity contribution in [2.75, 3.05) is 31.2 Å². The summed E-state index contributed by atoms with van der Waals surface area (Å²) < 4.78 is 10.4. The molecule has 2 rings (SSSR count). The molecule has 0 spiro atoms. The molecule has 1 N–H and O–H groups in total. The van der Waals surface area contributed by atoms with Crippen LogP contribution in [0.15, 0.2) is 12.3 Å². The van der Waals surface area contributed by atoms with Gasteiger partial charge in [-0.2, -0.15) is 4.98 Å². The SMILES string of the molecule is CCOc1ccnc(N2CCOC(C(=O)O)C2)n1. The fraction of sp³-hybridized carbons (Fsp3) is 0.545. The molecule has 0 aliphatic carbocycles. The fourth-order valence-corrected chi connectivity index (χ4v) is 1.69. The Kier molecular flexibility index (Phi) is 3.93. The number of nitrogens with zero attached hydrogens (tertiary/aromatic N) is 3. The van der Waals surface area contributed by atoms with Crippen LogP contribution in [-0.4, -0.2) is 53.5 Å². The Morgan fingerprint density at radius 1 is 1.72 bits per heavy atom. The predicted molar refractivity (Wildman–Crippen MR) is 62.8 cm³/mol. The average Bonchev–Trinajstić information content (AvgIpc) is 2.39. The Morgan fingerprint density at radius 3 is 3.28 bits per heavy atom. The van der Waals surface area contributed by atoms with Crippen LogP contribution in [0.1, 0.15) is 6.92 Å². The molecule has 1 fully saturated rings. The maximum atomic E-state index is 10.9. The minimum absolute atomic E-state index is 0.241. The smallest absolute Gasteiger partial charge is 0.334 e. The van der Waals surface area contributed by atoms with Crippen molar-refractivity contribution >= 4 is 11.9 Å². The second-order valence-corrected chi connectivity index (χ2v) is 3.77. The third-order valence-electron chi connectivity index (χ3n) is 2.53. The molecule has 1 saturated heterocycles. The summed E-state index contributed by atoms with van der Waals surface area (Å²) in [6.45, 7) is 3.55. The van der Waals surface area contributed by atoms with Gasteiger partial charge in [0.15, 0.2) is 6.10 Å². The lowest BCUT2D eigenvalue weighted by Crippen LogP contribution is -2.46. The first-order valence-corrected chi connectivity index (χ1v) is 5.76. The number of hydrogen-bond donors (Lipinski definition) is 1. The van der Waals surface area contributed by atoms with Gasteiger partial charge in [0.05, 0.1) is 19.8 Å². The summed E-state index contributed by atoms with van der Waals surface area (Å²) in [5.74, 6) is -0.0166. The molecule has 0 aromatic carbocycles. The Balaban J connectivity index is 2.10. The lowest BCUT2D eigenvalue weighted by Gasteiger charge is -2.30. The Morgan fingerprint density at radius 2 is 2.56 bits per heavy atom. The normalized spacial score (nSPS) is 19.6. The van der Waals surface area contributed by atoms with E-state index >= 15 is 0 Å². The molecule has 1 aliphatic heterocycles. The Hall–Kier alpha value is -1.89. The van der Waals surface area contributed by atoms with Crippen molar-refractivity contribution in [3.63, 3.8) is 0 Å². The van der Waals surface area contributed by atoms with Gasteiger partial charge in [-0.25, -0.2) is 9.78 Å². The number of morpholine rings is 1. The number of aromatic nitrogens is 2. The van der Waals surface area contributed by atoms with Crippen LogP contribution in [0.4, 0.5) is 5.95 Å². The van der Waals surface area contributed by atoms with Gasteiger partial charge in [0.2, 0.25) is 11.8 Å². The predicted octanol–water partition coefficient (Wildman–Crippen LogP) is 0.165. The number of anilines is 1. The largest absolute Gasteiger partial charge is 0.479 e. The first-order valence-electron chi connectivity index (χ1n) is 5.76. The summed E-state index contributed by atoms with van der Waals surface area (Å²) in [4.78, 5) is 21.0. The van der Waals surface area contributed by atoms with Gasteiger partial charge in [-0.15, -0.1) is 0 Å². The number of rotatable bonds is 4. The highest BCUT2D eigenvalue weighted by Gasteiger charge is 2.27. The van der Waals surface area contributed by atoms with E-state index in [1.54, 1.807) is 17.2 Å². The number of ether oxygens (including phenoxy) is 2. The molecule has 0 bridgehead atoms. The molecule has 7 heteroatoms. The van der Waals surface area contributed by atoms with Gasteiger partial charge in [-0.05, 0) is 6.92 Å². The van der Waals surface area contributed by atoms with Crippen molar-refractivity contribution in [1.82, 2.24) is 9.97 Å². The first kappa shape index (κ1) is 12.6. The highest BCUT2D eigenvalue weighted by Crippen LogP contribution is 2.16. The molecule has 1 aliphatic rings. The highest BCUT2D eigenvalue weighted by atomic mass is 16.5. The van der Waals surface area contributed by atoms with Crippen LogP contribution in [-0.2, 0) is 9.53 Å². The molecule has 1 aromatic rings. The van der Waals surface area contributed by atoms with E-state index in [0.717, 1.165) is 0 Å². The monoisotopic (exact) mass is 253 g/mol. The van der Waals surface area contributed by atoms with E-state index in [9.17, 15) is 4.79 Å². The van der Waals surface area contributed by atoms with Gasteiger partial charge in [0, 0.05) is 18.8 Å². The number of carbonyl (C=O) groups is 1. The summed E-state index contributed by atoms with van der Waals surface area (Å²) in [5.41, 5.74) is 0. The van der Waals surface area contributed by atoms with Crippen LogP contribution in [0, 0.1) is 0 Å². The zero-order chi connectivity index (χ0) is 13.0. The standard InChI is InChI=1S/C11H15N3O4/c1-2-17-9-3-4-12-11(13-9)14-5-6-18-8(7-14)10(15)16/h3-4,8H,2,5-7H2,1H3,(H,15,16). The lowest BCUT2D eigenvalue weighted by atomic mass is 10.3. The van der Waals surface area contributed by atoms with E-state index in [2.05, 4.69) is 9.97 Å². The fourth-order valence-electron chi connectivity index (χ4n) is 1.69. The lowest BCUT2D eigenvalue weighted by molar-refractivity contribution is -0.150. The molecule has 0 radical (unpaired) electrons. The molecule has 2 heterocycles. The summed E-state index contributed by atoms with van der Waals surface area (Å²) >= 11 is 0. The second kappa shape index (κ2) is 5.63. The van der Waals surface area contributed by atoms with Gasteiger partial charge in [0.1, 0.15) is 0 Å². The van der Waals surface area contributed by atoms with Gasteiger partial charge in [-0.3, -0.25) is 0 Å². The van der Waals surface area contributed by atoms with Gasteiger partial charge in [0.25, 0.3) is 0 Å². The van der Waals surface area contributed by atoms with E-state index in [0.29, 0.717) is 31.6 Å². The van der Waals surface area contributed by atoms with E-state index in [4.69, 9.17) is 14.6 Å². The zero-order valence-corrected chi connectivity index (χ0v) is 10.1. The highest BCUT2D eigenvalue weighted by molar-refractivity contribution is 5.73. The van der Waals surface area contributed by atoms with Crippen molar-refractivity contribution in [1.29, 1.82) is 0 Å². The summed E-state index contributed by atoms with van der Waals surface area (Å²) in [6, 6.07) is 1.67. The Bertz CT molecular complexity index is 427. The minimum atomic E-state index is -0.972. The summed E-state index contributed by atoms with van der Waals surface area (Å²) in [6.07, 6.45) is 0.761. The molecule has 1 aromatic heterocycles. The van der Waals surface area contributed by atoms with Crippen LogP contribution in [0.2, 0.25) is 0 Å². The molecule has 1 atom stereocenters. The molecule has 98 valence electrons. The van der Waals surface area contributed by atoms with E-state index < -0.39 is 12.1 Å². The third-order valence-corrected chi connectivity index (χ3v) is 2.53. The van der Waals surface area contributed by atoms with Crippen molar-refractivity contribution in [3.05, 3.63) is 12.3 Å². The maximum absolute atomic E-state index is 10.9. The number of hydrogen-bond acceptors (Lipinski definition) is 6. The third kappa shape index (κ3) is 2.86. The van der Waals surface area contributed by atoms with Crippen LogP contribution in [0.25, 0.3) is 0 Å². The van der Waals surface area contributed by atoms with Crippen molar-refractivity contribution < 1.29 is 19.4 Å². The number of carboxylic acids is 1. The molecule has 0 amide bonds. The van der Waals surface area contributed by atoms with Crippen molar-refractivity contribution in [2.24, 2.45) is 0 Å². The summed E-state index contributed by atoms with van der Waals surface area (Å²) in [5, 5.41) is 8.92. The van der Waals surface area contributed by atoms with Crippen molar-refractivity contribution in [3.8, 4) is 5.88 Å². The molecular weight excluding hydrogens is 238 g/mol. The average molecular weight is 253 g/mol. The van der Waals surface area contributed by atoms with Crippen LogP contribution < -0.4 is 9.64 Å². The summed E-state index contributed by atoms with van der Waals surface area (Å²) in [7, 11) is 0. The second-order valence-electron chi connectivity index (χ2n) is 3.77. The van der Waals surface area contributed by atoms with E-state index in [-0.39, 0.29) is 6.54 Å².